The molecule has 2 nitrogen and oxygen atoms in total. The van der Waals surface area contributed by atoms with Crippen LogP contribution in [0.1, 0.15) is 39.5 Å². The van der Waals surface area contributed by atoms with Gasteiger partial charge < -0.3 is 4.74 Å². The molecule has 0 N–H and O–H groups in total. The smallest absolute Gasteiger partial charge is 0.305 e. The van der Waals surface area contributed by atoms with Gasteiger partial charge in [0.1, 0.15) is 6.10 Å². The van der Waals surface area contributed by atoms with Gasteiger partial charge in [0.05, 0.1) is 0 Å². The molecule has 2 fully saturated rings. The van der Waals surface area contributed by atoms with Crippen LogP contribution >= 0.6 is 0 Å². The molecule has 0 spiro atoms. The zero-order valence-corrected chi connectivity index (χ0v) is 8.95. The van der Waals surface area contributed by atoms with Gasteiger partial charge in [-0.2, -0.15) is 0 Å². The van der Waals surface area contributed by atoms with E-state index in [4.69, 9.17) is 4.74 Å². The van der Waals surface area contributed by atoms with Gasteiger partial charge in [-0.05, 0) is 32.1 Å². The minimum atomic E-state index is -0.0374. The van der Waals surface area contributed by atoms with Crippen LogP contribution in [0, 0.1) is 11.8 Å². The van der Waals surface area contributed by atoms with Crippen LogP contribution in [0.15, 0.2) is 11.6 Å². The molecule has 3 atom stereocenters. The van der Waals surface area contributed by atoms with Crippen molar-refractivity contribution in [2.75, 3.05) is 0 Å². The number of carbonyl (C=O) groups excluding carboxylic acids is 1. The van der Waals surface area contributed by atoms with Crippen molar-refractivity contribution in [2.24, 2.45) is 11.8 Å². The number of fused-ring (bicyclic) bond motifs is 2. The summed E-state index contributed by atoms with van der Waals surface area (Å²) in [6.45, 7) is 3.97. The van der Waals surface area contributed by atoms with Gasteiger partial charge in [-0.1, -0.05) is 18.6 Å². The second kappa shape index (κ2) is 3.76. The molecule has 2 rings (SSSR count). The molecule has 78 valence electrons. The molecule has 2 heteroatoms. The Hall–Kier alpha value is -0.790. The average Bonchev–Trinajstić information content (AvgIpc) is 2.75. The Morgan fingerprint density at radius 2 is 2.36 bits per heavy atom. The topological polar surface area (TPSA) is 26.3 Å². The van der Waals surface area contributed by atoms with Crippen LogP contribution in [-0.2, 0) is 9.53 Å². The number of rotatable bonds is 2. The van der Waals surface area contributed by atoms with Crippen LogP contribution in [0.2, 0.25) is 0 Å². The molecule has 0 saturated heterocycles. The number of hydrogen-bond acceptors (Lipinski definition) is 2. The lowest BCUT2D eigenvalue weighted by Gasteiger charge is -2.23. The van der Waals surface area contributed by atoms with Gasteiger partial charge in [-0.25, -0.2) is 0 Å². The van der Waals surface area contributed by atoms with E-state index in [-0.39, 0.29) is 12.1 Å². The average molecular weight is 194 g/mol. The molecule has 0 radical (unpaired) electrons. The molecule has 0 amide bonds. The molecule has 0 heterocycles. The van der Waals surface area contributed by atoms with Gasteiger partial charge in [-0.3, -0.25) is 4.79 Å². The van der Waals surface area contributed by atoms with Gasteiger partial charge in [-0.15, -0.1) is 0 Å². The molecule has 2 bridgehead atoms. The quantitative estimate of drug-likeness (QED) is 0.499. The normalized spacial score (nSPS) is 37.9. The van der Waals surface area contributed by atoms with Crippen molar-refractivity contribution in [1.82, 2.24) is 0 Å². The number of allylic oxidation sites excluding steroid dienone is 2. The first-order valence-electron chi connectivity index (χ1n) is 5.59. The molecule has 2 saturated carbocycles. The third kappa shape index (κ3) is 1.58. The summed E-state index contributed by atoms with van der Waals surface area (Å²) < 4.78 is 5.42. The predicted octanol–water partition coefficient (Wildman–Crippen LogP) is 2.68. The second-order valence-corrected chi connectivity index (χ2v) is 4.38. The van der Waals surface area contributed by atoms with Crippen molar-refractivity contribution in [2.45, 2.75) is 45.6 Å². The van der Waals surface area contributed by atoms with Gasteiger partial charge >= 0.3 is 5.97 Å². The molecule has 2 aliphatic rings. The highest BCUT2D eigenvalue weighted by molar-refractivity contribution is 5.69. The second-order valence-electron chi connectivity index (χ2n) is 4.38. The fourth-order valence-corrected chi connectivity index (χ4v) is 2.82. The number of esters is 1. The van der Waals surface area contributed by atoms with Crippen molar-refractivity contribution in [1.29, 1.82) is 0 Å². The molecule has 0 aliphatic heterocycles. The lowest BCUT2D eigenvalue weighted by atomic mass is 9.92. The van der Waals surface area contributed by atoms with Gasteiger partial charge in [0.25, 0.3) is 0 Å². The SMILES string of the molecule is C/C=C1/C[C@@H]2C[C@@H]1C[C@@H]2OC(=O)CC. The van der Waals surface area contributed by atoms with Gasteiger partial charge in [0.2, 0.25) is 0 Å². The van der Waals surface area contributed by atoms with E-state index < -0.39 is 0 Å². The third-order valence-corrected chi connectivity index (χ3v) is 3.59. The van der Waals surface area contributed by atoms with Crippen molar-refractivity contribution in [3.8, 4) is 0 Å². The highest BCUT2D eigenvalue weighted by atomic mass is 16.5. The first-order valence-corrected chi connectivity index (χ1v) is 5.59. The monoisotopic (exact) mass is 194 g/mol. The minimum absolute atomic E-state index is 0.0374. The Morgan fingerprint density at radius 3 is 2.86 bits per heavy atom. The van der Waals surface area contributed by atoms with E-state index in [1.807, 2.05) is 6.92 Å². The van der Waals surface area contributed by atoms with E-state index >= 15 is 0 Å². The first-order chi connectivity index (χ1) is 6.74. The van der Waals surface area contributed by atoms with Crippen LogP contribution in [0.25, 0.3) is 0 Å². The highest BCUT2D eigenvalue weighted by Crippen LogP contribution is 2.49. The maximum absolute atomic E-state index is 11.2. The van der Waals surface area contributed by atoms with Crippen LogP contribution in [-0.4, -0.2) is 12.1 Å². The molecule has 0 aromatic heterocycles. The lowest BCUT2D eigenvalue weighted by Crippen LogP contribution is -2.24. The molecule has 14 heavy (non-hydrogen) atoms. The summed E-state index contributed by atoms with van der Waals surface area (Å²) in [6.07, 6.45) is 6.42. The fourth-order valence-electron chi connectivity index (χ4n) is 2.82. The highest BCUT2D eigenvalue weighted by Gasteiger charge is 2.44. The summed E-state index contributed by atoms with van der Waals surface area (Å²) in [5.74, 6) is 1.28. The number of hydrogen-bond donors (Lipinski definition) is 0. The Balaban J connectivity index is 1.93. The van der Waals surface area contributed by atoms with E-state index in [9.17, 15) is 4.79 Å². The summed E-state index contributed by atoms with van der Waals surface area (Å²) in [5, 5.41) is 0. The standard InChI is InChI=1S/C12H18O2/c1-3-8-5-10-6-9(8)7-11(10)14-12(13)4-2/h3,9-11H,4-7H2,1-2H3/b8-3-/t9-,10-,11+/m1/s1. The summed E-state index contributed by atoms with van der Waals surface area (Å²) in [4.78, 5) is 11.2. The molecule has 2 aliphatic carbocycles. The van der Waals surface area contributed by atoms with Crippen molar-refractivity contribution in [3.05, 3.63) is 11.6 Å². The maximum Gasteiger partial charge on any atom is 0.305 e. The largest absolute Gasteiger partial charge is 0.462 e. The maximum atomic E-state index is 11.2. The molecule has 0 aromatic rings. The zero-order chi connectivity index (χ0) is 10.1. The Morgan fingerprint density at radius 1 is 1.57 bits per heavy atom. The third-order valence-electron chi connectivity index (χ3n) is 3.59. The van der Waals surface area contributed by atoms with E-state index in [1.54, 1.807) is 5.57 Å². The van der Waals surface area contributed by atoms with Gasteiger partial charge in [0, 0.05) is 12.3 Å². The first kappa shape index (κ1) is 9.75. The van der Waals surface area contributed by atoms with Crippen molar-refractivity contribution >= 4 is 5.97 Å². The predicted molar refractivity (Wildman–Crippen MR) is 54.8 cm³/mol. The van der Waals surface area contributed by atoms with Crippen LogP contribution < -0.4 is 0 Å². The van der Waals surface area contributed by atoms with Crippen LogP contribution in [0.3, 0.4) is 0 Å². The van der Waals surface area contributed by atoms with Crippen molar-refractivity contribution < 1.29 is 9.53 Å². The Kier molecular flexibility index (Phi) is 2.62. The molecular formula is C12H18O2. The van der Waals surface area contributed by atoms with Crippen molar-refractivity contribution in [3.63, 3.8) is 0 Å². The number of ether oxygens (including phenoxy) is 1. The molecule has 0 unspecified atom stereocenters. The van der Waals surface area contributed by atoms with E-state index in [0.717, 1.165) is 12.8 Å². The van der Waals surface area contributed by atoms with E-state index in [2.05, 4.69) is 13.0 Å². The van der Waals surface area contributed by atoms with E-state index in [0.29, 0.717) is 18.3 Å². The van der Waals surface area contributed by atoms with Crippen LogP contribution in [0.4, 0.5) is 0 Å². The lowest BCUT2D eigenvalue weighted by molar-refractivity contribution is -0.150. The molecule has 0 aromatic carbocycles. The van der Waals surface area contributed by atoms with Crippen LogP contribution in [0.5, 0.6) is 0 Å². The summed E-state index contributed by atoms with van der Waals surface area (Å²) in [7, 11) is 0. The van der Waals surface area contributed by atoms with Gasteiger partial charge in [0.15, 0.2) is 0 Å². The minimum Gasteiger partial charge on any atom is -0.462 e. The number of carbonyl (C=O) groups is 1. The zero-order valence-electron chi connectivity index (χ0n) is 8.95. The Bertz CT molecular complexity index is 267. The summed E-state index contributed by atoms with van der Waals surface area (Å²) in [6, 6.07) is 0. The Labute approximate surface area is 85.3 Å². The molecular weight excluding hydrogens is 176 g/mol. The summed E-state index contributed by atoms with van der Waals surface area (Å²) >= 11 is 0. The van der Waals surface area contributed by atoms with E-state index in [1.165, 1.54) is 6.42 Å². The summed E-state index contributed by atoms with van der Waals surface area (Å²) in [5.41, 5.74) is 1.58. The fraction of sp³-hybridized carbons (Fsp3) is 0.750.